The molecule has 0 saturated carbocycles. The first kappa shape index (κ1) is 60.0. The van der Waals surface area contributed by atoms with E-state index < -0.39 is 78.4 Å². The number of allylic oxidation sites excluding steroid dienone is 12. The fraction of sp³-hybridized carbons (Fsp3) is 0.609. The number of unbranched alkanes of at least 4 members (excludes halogenated alkanes) is 9. The lowest BCUT2D eigenvalue weighted by Gasteiger charge is -2.20. The average molecular weight is 931 g/mol. The zero-order valence-corrected chi connectivity index (χ0v) is 39.1. The van der Waals surface area contributed by atoms with Gasteiger partial charge in [-0.1, -0.05) is 143 Å². The molecule has 0 spiro atoms. The monoisotopic (exact) mass is 930 g/mol. The molecule has 15 nitrogen and oxygen atoms in total. The van der Waals surface area contributed by atoms with Gasteiger partial charge in [0.25, 0.3) is 0 Å². The summed E-state index contributed by atoms with van der Waals surface area (Å²) in [4.78, 5) is 52.7. The highest BCUT2D eigenvalue weighted by Crippen LogP contribution is 2.43. The van der Waals surface area contributed by atoms with Crippen molar-refractivity contribution in [2.24, 2.45) is 0 Å². The van der Waals surface area contributed by atoms with Gasteiger partial charge in [0, 0.05) is 12.8 Å². The van der Waals surface area contributed by atoms with E-state index in [0.717, 1.165) is 51.4 Å². The molecule has 0 radical (unpaired) electrons. The maximum Gasteiger partial charge on any atom is 0.472 e. The molecule has 0 aliphatic rings. The van der Waals surface area contributed by atoms with Crippen LogP contribution in [0, 0.1) is 0 Å². The molecule has 360 valence electrons. The third kappa shape index (κ3) is 44.0. The number of phosphoric ester groups is 2. The van der Waals surface area contributed by atoms with E-state index in [2.05, 4.69) is 40.3 Å². The molecule has 6 N–H and O–H groups in total. The van der Waals surface area contributed by atoms with Gasteiger partial charge < -0.3 is 39.5 Å². The van der Waals surface area contributed by atoms with E-state index in [-0.39, 0.29) is 12.8 Å². The molecule has 17 heteroatoms. The Kier molecular flexibility index (Phi) is 38.5. The molecular weight excluding hydrogens is 854 g/mol. The second-order valence-corrected chi connectivity index (χ2v) is 17.3. The summed E-state index contributed by atoms with van der Waals surface area (Å²) in [6, 6.07) is 0. The van der Waals surface area contributed by atoms with Crippen molar-refractivity contribution in [1.82, 2.24) is 0 Å². The zero-order valence-electron chi connectivity index (χ0n) is 37.4. The Bertz CT molecular complexity index is 1510. The minimum absolute atomic E-state index is 0.0634. The molecule has 0 aromatic carbocycles. The summed E-state index contributed by atoms with van der Waals surface area (Å²) in [6.07, 6.45) is 40.4. The van der Waals surface area contributed by atoms with Crippen LogP contribution in [0.5, 0.6) is 0 Å². The van der Waals surface area contributed by atoms with E-state index in [1.807, 2.05) is 37.3 Å². The van der Waals surface area contributed by atoms with Gasteiger partial charge in [-0.3, -0.25) is 23.2 Å². The number of phosphoric acid groups is 2. The van der Waals surface area contributed by atoms with Crippen molar-refractivity contribution in [2.75, 3.05) is 26.4 Å². The van der Waals surface area contributed by atoms with Crippen LogP contribution < -0.4 is 0 Å². The Morgan fingerprint density at radius 3 is 1.83 bits per heavy atom. The van der Waals surface area contributed by atoms with Crippen LogP contribution in [-0.2, 0) is 41.8 Å². The van der Waals surface area contributed by atoms with E-state index in [1.165, 1.54) is 19.3 Å². The molecule has 0 aromatic heterocycles. The van der Waals surface area contributed by atoms with Crippen molar-refractivity contribution >= 4 is 27.6 Å². The van der Waals surface area contributed by atoms with E-state index in [0.29, 0.717) is 32.1 Å². The molecule has 0 heterocycles. The largest absolute Gasteiger partial charge is 0.472 e. The average Bonchev–Trinajstić information content (AvgIpc) is 3.23. The highest BCUT2D eigenvalue weighted by molar-refractivity contribution is 7.47. The summed E-state index contributed by atoms with van der Waals surface area (Å²) in [5.41, 5.74) is 0. The minimum atomic E-state index is -4.90. The number of esters is 2. The number of aliphatic hydroxyl groups excluding tert-OH is 3. The van der Waals surface area contributed by atoms with Crippen molar-refractivity contribution in [3.63, 3.8) is 0 Å². The van der Waals surface area contributed by atoms with Crippen molar-refractivity contribution in [3.8, 4) is 0 Å². The molecule has 0 amide bonds. The number of ether oxygens (including phenoxy) is 2. The second kappa shape index (κ2) is 40.5. The van der Waals surface area contributed by atoms with E-state index >= 15 is 0 Å². The van der Waals surface area contributed by atoms with Crippen LogP contribution >= 0.6 is 15.6 Å². The molecule has 0 rings (SSSR count). The fourth-order valence-electron chi connectivity index (χ4n) is 5.23. The lowest BCUT2D eigenvalue weighted by atomic mass is 10.1. The summed E-state index contributed by atoms with van der Waals surface area (Å²) in [5.74, 6) is -1.24. The van der Waals surface area contributed by atoms with E-state index in [4.69, 9.17) is 23.8 Å². The van der Waals surface area contributed by atoms with E-state index in [1.54, 1.807) is 42.5 Å². The van der Waals surface area contributed by atoms with Crippen LogP contribution in [0.3, 0.4) is 0 Å². The van der Waals surface area contributed by atoms with Gasteiger partial charge in [0.05, 0.1) is 32.0 Å². The first-order valence-electron chi connectivity index (χ1n) is 22.2. The standard InChI is InChI=1S/C46H76O15P2/c1-3-5-7-8-9-10-11-12-13-14-15-16-20-23-29-35-45(50)57-39-44(40-60-63(55,56)59-38-43(49)37-58-62(52,53)54)61-46(51)36-30-24-28-34-42(48)33-27-22-19-17-18-21-26-32-41(47)31-25-6-4-2/h6,9-10,12-13,18-19,21-22,25-28,32-34,41-44,47-49H,3-5,7-8,11,14-17,20,23-24,29-31,35-40H2,1-2H3,(H,55,56)(H2,52,53,54)/b10-9-,13-12-,21-18-,22-19-,25-6-,32-26+,33-27+,34-28-/t41-,42-,43-,44+/m0/s1. The molecule has 1 unspecified atom stereocenters. The van der Waals surface area contributed by atoms with Gasteiger partial charge in [0.1, 0.15) is 12.7 Å². The predicted molar refractivity (Wildman–Crippen MR) is 246 cm³/mol. The summed E-state index contributed by atoms with van der Waals surface area (Å²) in [5, 5.41) is 29.8. The van der Waals surface area contributed by atoms with Gasteiger partial charge in [-0.15, -0.1) is 0 Å². The van der Waals surface area contributed by atoms with Crippen LogP contribution in [0.15, 0.2) is 97.2 Å². The second-order valence-electron chi connectivity index (χ2n) is 14.6. The van der Waals surface area contributed by atoms with Crippen molar-refractivity contribution in [2.45, 2.75) is 154 Å². The molecule has 0 aliphatic heterocycles. The first-order chi connectivity index (χ1) is 30.2. The van der Waals surface area contributed by atoms with Gasteiger partial charge in [0.15, 0.2) is 6.10 Å². The SMILES string of the molecule is CC/C=C\C[C@H](O)/C=C/C=C\C/C=C\C=C\[C@H](O)/C=C\CCCC(=O)O[C@H](COC(=O)CCCCCCC/C=C\C/C=C\CCCCC)COP(=O)(O)OC[C@@H](O)COP(=O)(O)O. The summed E-state index contributed by atoms with van der Waals surface area (Å²) in [6.45, 7) is 1.29. The van der Waals surface area contributed by atoms with Gasteiger partial charge in [-0.2, -0.15) is 0 Å². The maximum atomic E-state index is 12.7. The van der Waals surface area contributed by atoms with Gasteiger partial charge >= 0.3 is 27.6 Å². The smallest absolute Gasteiger partial charge is 0.462 e. The first-order valence-corrected chi connectivity index (χ1v) is 25.2. The van der Waals surface area contributed by atoms with Crippen molar-refractivity contribution in [3.05, 3.63) is 97.2 Å². The number of hydrogen-bond donors (Lipinski definition) is 6. The van der Waals surface area contributed by atoms with Crippen LogP contribution in [0.25, 0.3) is 0 Å². The van der Waals surface area contributed by atoms with Crippen LogP contribution in [0.2, 0.25) is 0 Å². The highest BCUT2D eigenvalue weighted by Gasteiger charge is 2.28. The highest BCUT2D eigenvalue weighted by atomic mass is 31.2. The third-order valence-electron chi connectivity index (χ3n) is 8.62. The maximum absolute atomic E-state index is 12.7. The van der Waals surface area contributed by atoms with Crippen LogP contribution in [0.1, 0.15) is 129 Å². The minimum Gasteiger partial charge on any atom is -0.462 e. The number of rotatable bonds is 40. The Morgan fingerprint density at radius 1 is 0.556 bits per heavy atom. The zero-order chi connectivity index (χ0) is 46.9. The van der Waals surface area contributed by atoms with Crippen molar-refractivity contribution in [1.29, 1.82) is 0 Å². The van der Waals surface area contributed by atoms with Crippen LogP contribution in [0.4, 0.5) is 0 Å². The molecule has 0 bridgehead atoms. The summed E-state index contributed by atoms with van der Waals surface area (Å²) >= 11 is 0. The van der Waals surface area contributed by atoms with Crippen LogP contribution in [-0.4, -0.2) is 92.8 Å². The Labute approximate surface area is 375 Å². The van der Waals surface area contributed by atoms with Gasteiger partial charge in [-0.25, -0.2) is 9.13 Å². The molecule has 0 aliphatic carbocycles. The van der Waals surface area contributed by atoms with Gasteiger partial charge in [-0.05, 0) is 70.6 Å². The Morgan fingerprint density at radius 2 is 1.14 bits per heavy atom. The normalized spacial score (nSPS) is 15.9. The van der Waals surface area contributed by atoms with Gasteiger partial charge in [0.2, 0.25) is 0 Å². The fourth-order valence-corrected chi connectivity index (χ4v) is 6.39. The molecule has 0 saturated heterocycles. The Balaban J connectivity index is 4.80. The molecular formula is C46H76O15P2. The molecule has 5 atom stereocenters. The van der Waals surface area contributed by atoms with Crippen molar-refractivity contribution < 1.29 is 71.8 Å². The number of carbonyl (C=O) groups is 2. The number of hydrogen-bond acceptors (Lipinski definition) is 12. The topological polar surface area (TPSA) is 236 Å². The predicted octanol–water partition coefficient (Wildman–Crippen LogP) is 9.28. The lowest BCUT2D eigenvalue weighted by Crippen LogP contribution is -2.29. The molecule has 63 heavy (non-hydrogen) atoms. The number of carbonyl (C=O) groups excluding carboxylic acids is 2. The van der Waals surface area contributed by atoms with E-state index in [9.17, 15) is 38.9 Å². The third-order valence-corrected chi connectivity index (χ3v) is 10.1. The molecule has 0 fully saturated rings. The Hall–Kier alpha value is -3.04. The summed E-state index contributed by atoms with van der Waals surface area (Å²) in [7, 11) is -9.77. The lowest BCUT2D eigenvalue weighted by molar-refractivity contribution is -0.161. The number of aliphatic hydroxyl groups is 3. The molecule has 0 aromatic rings. The summed E-state index contributed by atoms with van der Waals surface area (Å²) < 4.78 is 47.6. The quantitative estimate of drug-likeness (QED) is 0.0110.